The largest absolute Gasteiger partial charge is 0.387 e. The maximum absolute atomic E-state index is 12.6. The molecule has 3 atom stereocenters. The molecule has 0 aromatic heterocycles. The Balaban J connectivity index is 4.03. The van der Waals surface area contributed by atoms with Gasteiger partial charge in [0.1, 0.15) is 6.10 Å². The first-order valence-corrected chi connectivity index (χ1v) is 22.1. The number of aliphatic hydroxyl groups is 2. The fourth-order valence-corrected chi connectivity index (χ4v) is 6.61. The van der Waals surface area contributed by atoms with E-state index in [4.69, 9.17) is 0 Å². The Morgan fingerprint density at radius 3 is 1.38 bits per heavy atom. The second kappa shape index (κ2) is 35.7. The summed E-state index contributed by atoms with van der Waals surface area (Å²) in [7, 11) is -4.45. The number of unbranched alkanes of at least 4 members (excludes halogenated alkanes) is 21. The molecule has 0 bridgehead atoms. The third-order valence-corrected chi connectivity index (χ3v) is 9.84. The van der Waals surface area contributed by atoms with Gasteiger partial charge in [-0.1, -0.05) is 172 Å². The fraction of sp³-hybridized carbons (Fsp3) is 0.786. The number of carbonyl (C=O) groups is 1. The number of rotatable bonds is 36. The molecule has 292 valence electrons. The molecule has 0 aliphatic rings. The molecule has 0 rings (SSSR count). The number of amides is 1. The van der Waals surface area contributed by atoms with Gasteiger partial charge in [-0.3, -0.25) is 9.35 Å². The molecule has 0 aliphatic carbocycles. The summed E-state index contributed by atoms with van der Waals surface area (Å²) >= 11 is 0. The first-order valence-electron chi connectivity index (χ1n) is 20.4. The van der Waals surface area contributed by atoms with E-state index < -0.39 is 40.0 Å². The van der Waals surface area contributed by atoms with Crippen molar-refractivity contribution in [3.63, 3.8) is 0 Å². The van der Waals surface area contributed by atoms with Crippen LogP contribution in [0.4, 0.5) is 0 Å². The first-order chi connectivity index (χ1) is 24.2. The van der Waals surface area contributed by atoms with Crippen LogP contribution in [0.5, 0.6) is 0 Å². The lowest BCUT2D eigenvalue weighted by atomic mass is 10.0. The van der Waals surface area contributed by atoms with E-state index in [2.05, 4.69) is 55.6 Å². The van der Waals surface area contributed by atoms with Gasteiger partial charge in [-0.15, -0.1) is 0 Å². The van der Waals surface area contributed by atoms with Gasteiger partial charge in [0, 0.05) is 0 Å². The maximum atomic E-state index is 12.6. The molecule has 0 radical (unpaired) electrons. The van der Waals surface area contributed by atoms with Crippen LogP contribution in [-0.2, 0) is 14.9 Å². The van der Waals surface area contributed by atoms with E-state index in [1.807, 2.05) is 0 Å². The fourth-order valence-electron chi connectivity index (χ4n) is 5.88. The minimum Gasteiger partial charge on any atom is -0.387 e. The Bertz CT molecular complexity index is 990. The van der Waals surface area contributed by atoms with Crippen molar-refractivity contribution < 1.29 is 28.0 Å². The summed E-state index contributed by atoms with van der Waals surface area (Å²) < 4.78 is 32.4. The number of hydrogen-bond donors (Lipinski definition) is 4. The summed E-state index contributed by atoms with van der Waals surface area (Å²) in [5, 5.41) is 23.3. The zero-order chi connectivity index (χ0) is 37.0. The molecule has 0 aromatic rings. The van der Waals surface area contributed by atoms with Crippen LogP contribution in [0, 0.1) is 0 Å². The summed E-state index contributed by atoms with van der Waals surface area (Å²) in [5.41, 5.74) is 0. The van der Waals surface area contributed by atoms with E-state index in [1.165, 1.54) is 109 Å². The molecule has 0 heterocycles. The zero-order valence-corrected chi connectivity index (χ0v) is 32.9. The van der Waals surface area contributed by atoms with Crippen molar-refractivity contribution in [2.45, 2.75) is 205 Å². The molecule has 4 N–H and O–H groups in total. The van der Waals surface area contributed by atoms with Crippen LogP contribution >= 0.6 is 0 Å². The van der Waals surface area contributed by atoms with Gasteiger partial charge in [-0.05, 0) is 64.2 Å². The highest BCUT2D eigenvalue weighted by Crippen LogP contribution is 2.14. The number of aliphatic hydroxyl groups excluding tert-OH is 2. The van der Waals surface area contributed by atoms with Crippen molar-refractivity contribution in [3.8, 4) is 0 Å². The first kappa shape index (κ1) is 48.3. The summed E-state index contributed by atoms with van der Waals surface area (Å²) in [6.45, 7) is 4.45. The van der Waals surface area contributed by atoms with Crippen molar-refractivity contribution in [1.29, 1.82) is 0 Å². The van der Waals surface area contributed by atoms with Crippen LogP contribution in [-0.4, -0.2) is 53.1 Å². The highest BCUT2D eigenvalue weighted by atomic mass is 32.2. The molecule has 0 saturated heterocycles. The molecule has 0 aromatic carbocycles. The highest BCUT2D eigenvalue weighted by molar-refractivity contribution is 7.85. The molecule has 0 saturated carbocycles. The summed E-state index contributed by atoms with van der Waals surface area (Å²) in [5.74, 6) is -1.57. The van der Waals surface area contributed by atoms with Crippen LogP contribution in [0.3, 0.4) is 0 Å². The monoisotopic (exact) mass is 724 g/mol. The minimum atomic E-state index is -4.45. The molecule has 0 aliphatic heterocycles. The standard InChI is InChI=1S/C42H77NO6S/c1-3-5-7-9-11-13-15-17-18-19-20-21-22-23-24-25-27-29-31-33-35-37-41(45)42(46)43-39(38-50(47,48)49)40(44)36-34-32-30-28-26-16-14-12-10-8-6-4-2/h10,12,22-23,26,28,34,36,39-41,44-45H,3-9,11,13-21,24-25,27,29-33,35,37-38H2,1-2H3,(H,43,46)(H,47,48,49)/b12-10+,23-22-,28-26+,36-34+. The van der Waals surface area contributed by atoms with Gasteiger partial charge < -0.3 is 15.5 Å². The number of nitrogens with one attached hydrogen (secondary N) is 1. The third-order valence-electron chi connectivity index (χ3n) is 9.06. The van der Waals surface area contributed by atoms with E-state index in [0.29, 0.717) is 12.8 Å². The molecule has 0 fully saturated rings. The molecule has 1 amide bonds. The van der Waals surface area contributed by atoms with Gasteiger partial charge in [0.15, 0.2) is 0 Å². The smallest absolute Gasteiger partial charge is 0.267 e. The summed E-state index contributed by atoms with van der Waals surface area (Å²) in [4.78, 5) is 12.6. The lowest BCUT2D eigenvalue weighted by molar-refractivity contribution is -0.130. The van der Waals surface area contributed by atoms with Crippen molar-refractivity contribution >= 4 is 16.0 Å². The van der Waals surface area contributed by atoms with Crippen LogP contribution in [0.2, 0.25) is 0 Å². The van der Waals surface area contributed by atoms with Crippen molar-refractivity contribution in [2.75, 3.05) is 5.75 Å². The predicted octanol–water partition coefficient (Wildman–Crippen LogP) is 10.9. The van der Waals surface area contributed by atoms with Gasteiger partial charge in [0.2, 0.25) is 5.91 Å². The Morgan fingerprint density at radius 2 is 0.920 bits per heavy atom. The maximum Gasteiger partial charge on any atom is 0.267 e. The van der Waals surface area contributed by atoms with E-state index in [1.54, 1.807) is 6.08 Å². The van der Waals surface area contributed by atoms with E-state index in [9.17, 15) is 28.0 Å². The number of allylic oxidation sites excluding steroid dienone is 7. The highest BCUT2D eigenvalue weighted by Gasteiger charge is 2.27. The molecule has 8 heteroatoms. The second-order valence-corrected chi connectivity index (χ2v) is 15.5. The van der Waals surface area contributed by atoms with Crippen LogP contribution in [0.25, 0.3) is 0 Å². The number of carbonyl (C=O) groups excluding carboxylic acids is 1. The van der Waals surface area contributed by atoms with Crippen molar-refractivity contribution in [2.24, 2.45) is 0 Å². The Hall–Kier alpha value is -1.74. The van der Waals surface area contributed by atoms with E-state index in [-0.39, 0.29) is 6.42 Å². The normalized spacial score (nSPS) is 14.4. The summed E-state index contributed by atoms with van der Waals surface area (Å²) in [6, 6.07) is -1.26. The van der Waals surface area contributed by atoms with Crippen molar-refractivity contribution in [1.82, 2.24) is 5.32 Å². The summed E-state index contributed by atoms with van der Waals surface area (Å²) in [6.07, 6.45) is 44.6. The van der Waals surface area contributed by atoms with Gasteiger partial charge in [0.25, 0.3) is 10.1 Å². The average Bonchev–Trinajstić information content (AvgIpc) is 3.08. The third kappa shape index (κ3) is 34.7. The van der Waals surface area contributed by atoms with Gasteiger partial charge in [-0.25, -0.2) is 0 Å². The topological polar surface area (TPSA) is 124 Å². The van der Waals surface area contributed by atoms with E-state index >= 15 is 0 Å². The lowest BCUT2D eigenvalue weighted by Crippen LogP contribution is -2.50. The molecule has 50 heavy (non-hydrogen) atoms. The molecule has 3 unspecified atom stereocenters. The SMILES string of the molecule is CCCC/C=C/CC/C=C/CC/C=C/C(O)C(CS(=O)(=O)O)NC(=O)C(O)CCCCCCCC/C=C\CCCCCCCCCCCCC. The molecule has 0 spiro atoms. The average molecular weight is 724 g/mol. The molecule has 7 nitrogen and oxygen atoms in total. The molecular formula is C42H77NO6S. The molecular weight excluding hydrogens is 647 g/mol. The van der Waals surface area contributed by atoms with Crippen molar-refractivity contribution in [3.05, 3.63) is 48.6 Å². The van der Waals surface area contributed by atoms with Crippen LogP contribution in [0.15, 0.2) is 48.6 Å². The Kier molecular flexibility index (Phi) is 34.4. The second-order valence-electron chi connectivity index (χ2n) is 14.0. The van der Waals surface area contributed by atoms with Crippen LogP contribution in [0.1, 0.15) is 187 Å². The zero-order valence-electron chi connectivity index (χ0n) is 32.1. The van der Waals surface area contributed by atoms with E-state index in [0.717, 1.165) is 51.4 Å². The quantitative estimate of drug-likeness (QED) is 0.0290. The Morgan fingerprint density at radius 1 is 0.540 bits per heavy atom. The minimum absolute atomic E-state index is 0.263. The Labute approximate surface area is 308 Å². The predicted molar refractivity (Wildman–Crippen MR) is 213 cm³/mol. The van der Waals surface area contributed by atoms with Gasteiger partial charge in [0.05, 0.1) is 17.9 Å². The number of hydrogen-bond acceptors (Lipinski definition) is 5. The van der Waals surface area contributed by atoms with Crippen LogP contribution < -0.4 is 5.32 Å². The lowest BCUT2D eigenvalue weighted by Gasteiger charge is -2.22. The van der Waals surface area contributed by atoms with Gasteiger partial charge in [-0.2, -0.15) is 8.42 Å². The van der Waals surface area contributed by atoms with Gasteiger partial charge >= 0.3 is 0 Å².